The Morgan fingerprint density at radius 3 is 2.73 bits per heavy atom. The summed E-state index contributed by atoms with van der Waals surface area (Å²) in [5.74, 6) is -0.0329. The third-order valence-electron chi connectivity index (χ3n) is 2.96. The standard InChI is InChI=1S/C16H13FN2OS2/c17-11-5-7-12(8-6-11)21-10-15(20)18-9-16-19-13-3-1-2-4-14(13)22-16/h1-8H,9-10H2,(H,18,20). The van der Waals surface area contributed by atoms with Crippen LogP contribution in [0.5, 0.6) is 0 Å². The molecule has 0 aliphatic heterocycles. The SMILES string of the molecule is O=C(CSc1ccc(F)cc1)NCc1nc2ccccc2s1. The lowest BCUT2D eigenvalue weighted by Crippen LogP contribution is -2.24. The van der Waals surface area contributed by atoms with Crippen LogP contribution in [0, 0.1) is 5.82 Å². The summed E-state index contributed by atoms with van der Waals surface area (Å²) in [4.78, 5) is 17.2. The molecule has 0 aliphatic carbocycles. The summed E-state index contributed by atoms with van der Waals surface area (Å²) in [7, 11) is 0. The van der Waals surface area contributed by atoms with Gasteiger partial charge in [-0.25, -0.2) is 9.37 Å². The Bertz CT molecular complexity index is 753. The van der Waals surface area contributed by atoms with Crippen LogP contribution >= 0.6 is 23.1 Å². The molecule has 0 aliphatic rings. The number of fused-ring (bicyclic) bond motifs is 1. The number of halogens is 1. The van der Waals surface area contributed by atoms with E-state index in [4.69, 9.17) is 0 Å². The molecule has 1 amide bonds. The van der Waals surface area contributed by atoms with E-state index in [0.29, 0.717) is 12.3 Å². The fraction of sp³-hybridized carbons (Fsp3) is 0.125. The van der Waals surface area contributed by atoms with E-state index in [1.54, 1.807) is 23.5 Å². The van der Waals surface area contributed by atoms with Crippen LogP contribution in [0.3, 0.4) is 0 Å². The van der Waals surface area contributed by atoms with Crippen LogP contribution in [0.1, 0.15) is 5.01 Å². The Morgan fingerprint density at radius 2 is 1.95 bits per heavy atom. The van der Waals surface area contributed by atoms with Gasteiger partial charge in [-0.1, -0.05) is 12.1 Å². The highest BCUT2D eigenvalue weighted by molar-refractivity contribution is 8.00. The monoisotopic (exact) mass is 332 g/mol. The molecule has 0 unspecified atom stereocenters. The van der Waals surface area contributed by atoms with Crippen LogP contribution in [0.15, 0.2) is 53.4 Å². The molecule has 3 rings (SSSR count). The maximum Gasteiger partial charge on any atom is 0.230 e. The maximum atomic E-state index is 12.8. The molecule has 0 bridgehead atoms. The van der Waals surface area contributed by atoms with Crippen molar-refractivity contribution in [2.45, 2.75) is 11.4 Å². The van der Waals surface area contributed by atoms with Gasteiger partial charge in [-0.2, -0.15) is 0 Å². The zero-order valence-electron chi connectivity index (χ0n) is 11.6. The highest BCUT2D eigenvalue weighted by Gasteiger charge is 2.06. The Balaban J connectivity index is 1.50. The van der Waals surface area contributed by atoms with Crippen LogP contribution < -0.4 is 5.32 Å². The van der Waals surface area contributed by atoms with Crippen molar-refractivity contribution in [3.8, 4) is 0 Å². The van der Waals surface area contributed by atoms with E-state index in [1.807, 2.05) is 24.3 Å². The van der Waals surface area contributed by atoms with Crippen LogP contribution in [-0.4, -0.2) is 16.6 Å². The van der Waals surface area contributed by atoms with Gasteiger partial charge >= 0.3 is 0 Å². The van der Waals surface area contributed by atoms with E-state index in [0.717, 1.165) is 20.1 Å². The largest absolute Gasteiger partial charge is 0.349 e. The van der Waals surface area contributed by atoms with Crippen molar-refractivity contribution in [3.63, 3.8) is 0 Å². The minimum atomic E-state index is -0.273. The van der Waals surface area contributed by atoms with Crippen LogP contribution in [0.4, 0.5) is 4.39 Å². The minimum Gasteiger partial charge on any atom is -0.349 e. The number of rotatable bonds is 5. The third kappa shape index (κ3) is 3.84. The van der Waals surface area contributed by atoms with Crippen LogP contribution in [0.2, 0.25) is 0 Å². The molecular weight excluding hydrogens is 319 g/mol. The number of carbonyl (C=O) groups is 1. The molecular formula is C16H13FN2OS2. The first-order valence-electron chi connectivity index (χ1n) is 6.70. The molecule has 2 aromatic carbocycles. The van der Waals surface area contributed by atoms with Crippen molar-refractivity contribution in [1.29, 1.82) is 0 Å². The number of nitrogens with one attached hydrogen (secondary N) is 1. The summed E-state index contributed by atoms with van der Waals surface area (Å²) < 4.78 is 13.9. The summed E-state index contributed by atoms with van der Waals surface area (Å²) >= 11 is 2.96. The molecule has 1 aromatic heterocycles. The molecule has 0 fully saturated rings. The average molecular weight is 332 g/mol. The lowest BCUT2D eigenvalue weighted by atomic mass is 10.3. The van der Waals surface area contributed by atoms with Gasteiger partial charge in [0.25, 0.3) is 0 Å². The molecule has 22 heavy (non-hydrogen) atoms. The smallest absolute Gasteiger partial charge is 0.230 e. The summed E-state index contributed by atoms with van der Waals surface area (Å²) in [6.45, 7) is 0.433. The summed E-state index contributed by atoms with van der Waals surface area (Å²) in [6.07, 6.45) is 0. The number of para-hydroxylation sites is 1. The average Bonchev–Trinajstić information content (AvgIpc) is 2.95. The van der Waals surface area contributed by atoms with Crippen molar-refractivity contribution < 1.29 is 9.18 Å². The maximum absolute atomic E-state index is 12.8. The molecule has 0 spiro atoms. The van der Waals surface area contributed by atoms with Gasteiger partial charge in [-0.05, 0) is 36.4 Å². The van der Waals surface area contributed by atoms with E-state index in [-0.39, 0.29) is 11.7 Å². The summed E-state index contributed by atoms with van der Waals surface area (Å²) in [5.41, 5.74) is 0.956. The fourth-order valence-corrected chi connectivity index (χ4v) is 3.54. The van der Waals surface area contributed by atoms with E-state index in [1.165, 1.54) is 23.9 Å². The number of thioether (sulfide) groups is 1. The Morgan fingerprint density at radius 1 is 1.18 bits per heavy atom. The first-order valence-corrected chi connectivity index (χ1v) is 8.50. The second kappa shape index (κ2) is 6.89. The second-order valence-corrected chi connectivity index (χ2v) is 6.76. The van der Waals surface area contributed by atoms with Gasteiger partial charge in [0.2, 0.25) is 5.91 Å². The topological polar surface area (TPSA) is 42.0 Å². The first-order chi connectivity index (χ1) is 10.7. The molecule has 112 valence electrons. The van der Waals surface area contributed by atoms with Crippen molar-refractivity contribution in [1.82, 2.24) is 10.3 Å². The number of aromatic nitrogens is 1. The fourth-order valence-electron chi connectivity index (χ4n) is 1.90. The molecule has 0 saturated carbocycles. The number of hydrogen-bond donors (Lipinski definition) is 1. The van der Waals surface area contributed by atoms with Gasteiger partial charge in [0.1, 0.15) is 10.8 Å². The Labute approximate surface area is 135 Å². The van der Waals surface area contributed by atoms with Gasteiger partial charge in [0.15, 0.2) is 0 Å². The molecule has 1 N–H and O–H groups in total. The zero-order valence-corrected chi connectivity index (χ0v) is 13.2. The normalized spacial score (nSPS) is 10.8. The highest BCUT2D eigenvalue weighted by Crippen LogP contribution is 2.21. The predicted molar refractivity (Wildman–Crippen MR) is 88.6 cm³/mol. The lowest BCUT2D eigenvalue weighted by Gasteiger charge is -2.03. The van der Waals surface area contributed by atoms with Crippen molar-refractivity contribution >= 4 is 39.2 Å². The second-order valence-electron chi connectivity index (χ2n) is 4.59. The van der Waals surface area contributed by atoms with Crippen LogP contribution in [-0.2, 0) is 11.3 Å². The number of benzene rings is 2. The predicted octanol–water partition coefficient (Wildman–Crippen LogP) is 3.84. The number of hydrogen-bond acceptors (Lipinski definition) is 4. The third-order valence-corrected chi connectivity index (χ3v) is 5.01. The number of nitrogens with zero attached hydrogens (tertiary/aromatic N) is 1. The number of amides is 1. The van der Waals surface area contributed by atoms with Gasteiger partial charge in [0, 0.05) is 4.90 Å². The quantitative estimate of drug-likeness (QED) is 0.722. The van der Waals surface area contributed by atoms with E-state index < -0.39 is 0 Å². The van der Waals surface area contributed by atoms with E-state index >= 15 is 0 Å². The first kappa shape index (κ1) is 15.0. The van der Waals surface area contributed by atoms with Gasteiger partial charge in [-0.3, -0.25) is 4.79 Å². The van der Waals surface area contributed by atoms with Crippen molar-refractivity contribution in [2.75, 3.05) is 5.75 Å². The van der Waals surface area contributed by atoms with E-state index in [9.17, 15) is 9.18 Å². The molecule has 1 heterocycles. The molecule has 0 atom stereocenters. The molecule has 0 saturated heterocycles. The van der Waals surface area contributed by atoms with E-state index in [2.05, 4.69) is 10.3 Å². The van der Waals surface area contributed by atoms with Gasteiger partial charge in [0.05, 0.1) is 22.5 Å². The summed E-state index contributed by atoms with van der Waals surface area (Å²) in [6, 6.07) is 14.0. The minimum absolute atomic E-state index is 0.0615. The van der Waals surface area contributed by atoms with Gasteiger partial charge < -0.3 is 5.32 Å². The molecule has 6 heteroatoms. The highest BCUT2D eigenvalue weighted by atomic mass is 32.2. The van der Waals surface area contributed by atoms with Gasteiger partial charge in [-0.15, -0.1) is 23.1 Å². The Hall–Kier alpha value is -1.92. The van der Waals surface area contributed by atoms with Crippen molar-refractivity contribution in [2.24, 2.45) is 0 Å². The Kier molecular flexibility index (Phi) is 4.70. The summed E-state index contributed by atoms with van der Waals surface area (Å²) in [5, 5.41) is 3.75. The molecule has 3 aromatic rings. The number of thiazole rings is 1. The molecule has 3 nitrogen and oxygen atoms in total. The molecule has 0 radical (unpaired) electrons. The van der Waals surface area contributed by atoms with Crippen molar-refractivity contribution in [3.05, 3.63) is 59.4 Å². The zero-order chi connectivity index (χ0) is 15.4. The number of carbonyl (C=O) groups excluding carboxylic acids is 1. The lowest BCUT2D eigenvalue weighted by molar-refractivity contribution is -0.118. The van der Waals surface area contributed by atoms with Crippen LogP contribution in [0.25, 0.3) is 10.2 Å².